The fraction of sp³-hybridized carbons (Fsp3) is 0.368. The van der Waals surface area contributed by atoms with Crippen LogP contribution in [0, 0.1) is 13.8 Å². The third-order valence-corrected chi connectivity index (χ3v) is 4.26. The van der Waals surface area contributed by atoms with Gasteiger partial charge in [-0.05, 0) is 61.9 Å². The molecule has 3 rings (SSSR count). The maximum Gasteiger partial charge on any atom is 0.120 e. The van der Waals surface area contributed by atoms with Gasteiger partial charge in [-0.15, -0.1) is 0 Å². The van der Waals surface area contributed by atoms with E-state index in [4.69, 9.17) is 4.74 Å². The maximum atomic E-state index is 10.5. The molecular formula is C19H22O2. The standard InChI is InChI=1S/C19H22O2/c1-14-5-3-6-16(9-14)13-21-18-11-15(2)10-17(12-18)19(20)7-4-8-19/h3,5-6,9-12,20H,4,7-8,13H2,1-2H3. The first-order valence-electron chi connectivity index (χ1n) is 7.58. The highest BCUT2D eigenvalue weighted by atomic mass is 16.5. The van der Waals surface area contributed by atoms with Crippen LogP contribution in [0.25, 0.3) is 0 Å². The molecule has 1 saturated carbocycles. The first kappa shape index (κ1) is 14.2. The Morgan fingerprint density at radius 1 is 1.05 bits per heavy atom. The Kier molecular flexibility index (Phi) is 3.73. The van der Waals surface area contributed by atoms with Crippen molar-refractivity contribution in [1.29, 1.82) is 0 Å². The van der Waals surface area contributed by atoms with Gasteiger partial charge in [0.1, 0.15) is 12.4 Å². The van der Waals surface area contributed by atoms with E-state index in [1.165, 1.54) is 11.1 Å². The summed E-state index contributed by atoms with van der Waals surface area (Å²) in [5, 5.41) is 10.5. The van der Waals surface area contributed by atoms with E-state index < -0.39 is 5.60 Å². The average Bonchev–Trinajstić information content (AvgIpc) is 2.42. The quantitative estimate of drug-likeness (QED) is 0.908. The van der Waals surface area contributed by atoms with Gasteiger partial charge >= 0.3 is 0 Å². The molecule has 0 amide bonds. The summed E-state index contributed by atoms with van der Waals surface area (Å²) in [5.41, 5.74) is 3.90. The van der Waals surface area contributed by atoms with Gasteiger partial charge in [0.25, 0.3) is 0 Å². The molecule has 21 heavy (non-hydrogen) atoms. The van der Waals surface area contributed by atoms with Crippen LogP contribution in [0.2, 0.25) is 0 Å². The zero-order valence-electron chi connectivity index (χ0n) is 12.7. The first-order chi connectivity index (χ1) is 10.0. The van der Waals surface area contributed by atoms with Crippen LogP contribution in [-0.2, 0) is 12.2 Å². The molecule has 2 aromatic rings. The molecule has 1 N–H and O–H groups in total. The summed E-state index contributed by atoms with van der Waals surface area (Å²) >= 11 is 0. The fourth-order valence-electron chi connectivity index (χ4n) is 2.87. The molecule has 1 fully saturated rings. The van der Waals surface area contributed by atoms with Crippen LogP contribution in [0.4, 0.5) is 0 Å². The lowest BCUT2D eigenvalue weighted by Gasteiger charge is -2.37. The van der Waals surface area contributed by atoms with Crippen molar-refractivity contribution in [3.05, 3.63) is 64.7 Å². The second kappa shape index (κ2) is 5.53. The topological polar surface area (TPSA) is 29.5 Å². The Morgan fingerprint density at radius 2 is 1.86 bits per heavy atom. The van der Waals surface area contributed by atoms with Crippen LogP contribution >= 0.6 is 0 Å². The molecule has 0 aromatic heterocycles. The Labute approximate surface area is 126 Å². The van der Waals surface area contributed by atoms with E-state index in [-0.39, 0.29) is 0 Å². The van der Waals surface area contributed by atoms with Crippen molar-refractivity contribution in [1.82, 2.24) is 0 Å². The number of rotatable bonds is 4. The highest BCUT2D eigenvalue weighted by Gasteiger charge is 2.36. The van der Waals surface area contributed by atoms with Gasteiger partial charge in [0.15, 0.2) is 0 Å². The molecule has 2 aromatic carbocycles. The Bertz CT molecular complexity index is 642. The van der Waals surface area contributed by atoms with Crippen molar-refractivity contribution in [3.8, 4) is 5.75 Å². The molecule has 2 heteroatoms. The highest BCUT2D eigenvalue weighted by Crippen LogP contribution is 2.42. The van der Waals surface area contributed by atoms with E-state index in [2.05, 4.69) is 31.2 Å². The monoisotopic (exact) mass is 282 g/mol. The second-order valence-corrected chi connectivity index (χ2v) is 6.20. The lowest BCUT2D eigenvalue weighted by molar-refractivity contribution is -0.0390. The number of hydrogen-bond donors (Lipinski definition) is 1. The van der Waals surface area contributed by atoms with E-state index in [9.17, 15) is 5.11 Å². The largest absolute Gasteiger partial charge is 0.489 e. The van der Waals surface area contributed by atoms with Crippen LogP contribution in [0.1, 0.15) is 41.5 Å². The number of aliphatic hydroxyl groups is 1. The third kappa shape index (κ3) is 3.11. The first-order valence-corrected chi connectivity index (χ1v) is 7.58. The minimum atomic E-state index is -0.631. The van der Waals surface area contributed by atoms with Crippen LogP contribution < -0.4 is 4.74 Å². The number of hydrogen-bond acceptors (Lipinski definition) is 2. The van der Waals surface area contributed by atoms with Crippen molar-refractivity contribution in [2.24, 2.45) is 0 Å². The Morgan fingerprint density at radius 3 is 2.52 bits per heavy atom. The molecule has 0 bridgehead atoms. The summed E-state index contributed by atoms with van der Waals surface area (Å²) < 4.78 is 5.92. The van der Waals surface area contributed by atoms with Crippen molar-refractivity contribution < 1.29 is 9.84 Å². The van der Waals surface area contributed by atoms with E-state index >= 15 is 0 Å². The van der Waals surface area contributed by atoms with E-state index in [0.717, 1.165) is 36.1 Å². The van der Waals surface area contributed by atoms with Crippen LogP contribution in [-0.4, -0.2) is 5.11 Å². The van der Waals surface area contributed by atoms with Crippen molar-refractivity contribution in [2.75, 3.05) is 0 Å². The van der Waals surface area contributed by atoms with Crippen LogP contribution in [0.15, 0.2) is 42.5 Å². The summed E-state index contributed by atoms with van der Waals surface area (Å²) in [6.45, 7) is 4.69. The van der Waals surface area contributed by atoms with E-state index in [1.54, 1.807) is 0 Å². The minimum absolute atomic E-state index is 0.559. The van der Waals surface area contributed by atoms with E-state index in [1.807, 2.05) is 25.1 Å². The van der Waals surface area contributed by atoms with Gasteiger partial charge in [-0.2, -0.15) is 0 Å². The number of ether oxygens (including phenoxy) is 1. The summed E-state index contributed by atoms with van der Waals surface area (Å²) in [7, 11) is 0. The summed E-state index contributed by atoms with van der Waals surface area (Å²) in [4.78, 5) is 0. The predicted octanol–water partition coefficient (Wildman–Crippen LogP) is 4.25. The van der Waals surface area contributed by atoms with E-state index in [0.29, 0.717) is 6.61 Å². The SMILES string of the molecule is Cc1cccc(COc2cc(C)cc(C3(O)CCC3)c2)c1. The van der Waals surface area contributed by atoms with Crippen LogP contribution in [0.5, 0.6) is 5.75 Å². The third-order valence-electron chi connectivity index (χ3n) is 4.26. The van der Waals surface area contributed by atoms with Gasteiger partial charge in [0.2, 0.25) is 0 Å². The van der Waals surface area contributed by atoms with Gasteiger partial charge in [0.05, 0.1) is 5.60 Å². The predicted molar refractivity (Wildman–Crippen MR) is 84.4 cm³/mol. The lowest BCUT2D eigenvalue weighted by Crippen LogP contribution is -2.33. The number of aryl methyl sites for hydroxylation is 2. The molecule has 0 aliphatic heterocycles. The van der Waals surface area contributed by atoms with Gasteiger partial charge in [-0.1, -0.05) is 35.9 Å². The molecule has 1 aliphatic carbocycles. The molecule has 2 nitrogen and oxygen atoms in total. The zero-order valence-corrected chi connectivity index (χ0v) is 12.7. The Balaban J connectivity index is 1.76. The minimum Gasteiger partial charge on any atom is -0.489 e. The molecule has 0 unspecified atom stereocenters. The zero-order chi connectivity index (χ0) is 14.9. The van der Waals surface area contributed by atoms with Crippen molar-refractivity contribution >= 4 is 0 Å². The van der Waals surface area contributed by atoms with Crippen molar-refractivity contribution in [3.63, 3.8) is 0 Å². The van der Waals surface area contributed by atoms with Gasteiger partial charge in [-0.25, -0.2) is 0 Å². The van der Waals surface area contributed by atoms with Gasteiger partial charge in [-0.3, -0.25) is 0 Å². The van der Waals surface area contributed by atoms with Gasteiger partial charge in [0, 0.05) is 0 Å². The molecule has 0 atom stereocenters. The number of benzene rings is 2. The molecule has 0 heterocycles. The Hall–Kier alpha value is -1.80. The molecular weight excluding hydrogens is 260 g/mol. The molecule has 0 saturated heterocycles. The average molecular weight is 282 g/mol. The van der Waals surface area contributed by atoms with Gasteiger partial charge < -0.3 is 9.84 Å². The summed E-state index contributed by atoms with van der Waals surface area (Å²) in [6, 6.07) is 14.4. The fourth-order valence-corrected chi connectivity index (χ4v) is 2.87. The summed E-state index contributed by atoms with van der Waals surface area (Å²) in [5.74, 6) is 0.840. The van der Waals surface area contributed by atoms with Crippen LogP contribution in [0.3, 0.4) is 0 Å². The second-order valence-electron chi connectivity index (χ2n) is 6.20. The smallest absolute Gasteiger partial charge is 0.120 e. The maximum absolute atomic E-state index is 10.5. The molecule has 1 aliphatic rings. The molecule has 110 valence electrons. The molecule has 0 radical (unpaired) electrons. The molecule has 0 spiro atoms. The van der Waals surface area contributed by atoms with Crippen molar-refractivity contribution in [2.45, 2.75) is 45.3 Å². The summed E-state index contributed by atoms with van der Waals surface area (Å²) in [6.07, 6.45) is 2.81. The normalized spacial score (nSPS) is 16.3. The lowest BCUT2D eigenvalue weighted by atomic mass is 9.75. The highest BCUT2D eigenvalue weighted by molar-refractivity contribution is 5.38.